The van der Waals surface area contributed by atoms with Crippen LogP contribution in [-0.2, 0) is 19.7 Å². The summed E-state index contributed by atoms with van der Waals surface area (Å²) in [6, 6.07) is 12.5. The number of rotatable bonds is 9. The van der Waals surface area contributed by atoms with E-state index in [4.69, 9.17) is 4.18 Å². The molecule has 2 amide bonds. The van der Waals surface area contributed by atoms with Crippen LogP contribution in [0, 0.1) is 6.92 Å². The zero-order valence-corrected chi connectivity index (χ0v) is 18.1. The Kier molecular flexibility index (Phi) is 8.17. The Labute approximate surface area is 177 Å². The van der Waals surface area contributed by atoms with Crippen LogP contribution in [0.5, 0.6) is 5.75 Å². The second kappa shape index (κ2) is 10.6. The Morgan fingerprint density at radius 1 is 1.03 bits per heavy atom. The molecule has 0 atom stereocenters. The number of unbranched alkanes of at least 4 members (excludes halogenated alkanes) is 1. The van der Waals surface area contributed by atoms with Crippen molar-refractivity contribution in [2.45, 2.75) is 38.5 Å². The van der Waals surface area contributed by atoms with E-state index in [1.54, 1.807) is 24.3 Å². The minimum atomic E-state index is -3.94. The molecule has 7 nitrogen and oxygen atoms in total. The minimum Gasteiger partial charge on any atom is -0.379 e. The molecule has 2 aromatic carbocycles. The van der Waals surface area contributed by atoms with Crippen molar-refractivity contribution in [3.05, 3.63) is 65.4 Å². The van der Waals surface area contributed by atoms with E-state index in [1.165, 1.54) is 37.3 Å². The van der Waals surface area contributed by atoms with Crippen LogP contribution in [0.4, 0.5) is 0 Å². The second-order valence-electron chi connectivity index (χ2n) is 6.77. The summed E-state index contributed by atoms with van der Waals surface area (Å²) in [6.07, 6.45) is 3.29. The number of nitrogens with one attached hydrogen (secondary N) is 2. The maximum atomic E-state index is 12.4. The summed E-state index contributed by atoms with van der Waals surface area (Å²) in [6.45, 7) is 5.71. The minimum absolute atomic E-state index is 0.0637. The third-order valence-electron chi connectivity index (χ3n) is 4.08. The highest BCUT2D eigenvalue weighted by Crippen LogP contribution is 2.20. The summed E-state index contributed by atoms with van der Waals surface area (Å²) in [7, 11) is -3.94. The zero-order valence-electron chi connectivity index (χ0n) is 17.3. The highest BCUT2D eigenvalue weighted by atomic mass is 32.2. The smallest absolute Gasteiger partial charge is 0.339 e. The molecule has 2 rings (SSSR count). The topological polar surface area (TPSA) is 102 Å². The highest BCUT2D eigenvalue weighted by Gasteiger charge is 2.16. The molecule has 0 aromatic heterocycles. The van der Waals surface area contributed by atoms with Crippen molar-refractivity contribution in [2.75, 3.05) is 6.54 Å². The average molecular weight is 431 g/mol. The van der Waals surface area contributed by atoms with Gasteiger partial charge in [0.2, 0.25) is 5.91 Å². The van der Waals surface area contributed by atoms with Crippen LogP contribution in [0.3, 0.4) is 0 Å². The Hall–Kier alpha value is -3.13. The molecule has 0 saturated heterocycles. The molecule has 0 fully saturated rings. The van der Waals surface area contributed by atoms with Crippen LogP contribution in [0.25, 0.3) is 6.08 Å². The third kappa shape index (κ3) is 7.04. The third-order valence-corrected chi connectivity index (χ3v) is 5.34. The molecule has 0 unspecified atom stereocenters. The average Bonchev–Trinajstić information content (AvgIpc) is 2.69. The van der Waals surface area contributed by atoms with Gasteiger partial charge >= 0.3 is 10.1 Å². The predicted molar refractivity (Wildman–Crippen MR) is 115 cm³/mol. The van der Waals surface area contributed by atoms with Gasteiger partial charge < -0.3 is 14.8 Å². The van der Waals surface area contributed by atoms with E-state index < -0.39 is 10.1 Å². The van der Waals surface area contributed by atoms with E-state index in [0.29, 0.717) is 12.1 Å². The number of aryl methyl sites for hydroxylation is 1. The molecular weight excluding hydrogens is 404 g/mol. The molecule has 0 radical (unpaired) electrons. The van der Waals surface area contributed by atoms with Crippen LogP contribution in [0.2, 0.25) is 0 Å². The molecule has 160 valence electrons. The first-order valence-electron chi connectivity index (χ1n) is 9.60. The van der Waals surface area contributed by atoms with Crippen LogP contribution in [0.15, 0.2) is 59.1 Å². The lowest BCUT2D eigenvalue weighted by Gasteiger charge is -2.10. The number of carbonyl (C=O) groups is 2. The Morgan fingerprint density at radius 3 is 2.23 bits per heavy atom. The number of carbonyl (C=O) groups excluding carboxylic acids is 2. The largest absolute Gasteiger partial charge is 0.379 e. The first kappa shape index (κ1) is 23.2. The van der Waals surface area contributed by atoms with Crippen LogP contribution >= 0.6 is 0 Å². The van der Waals surface area contributed by atoms with Gasteiger partial charge in [0.25, 0.3) is 5.91 Å². The van der Waals surface area contributed by atoms with Crippen molar-refractivity contribution in [3.8, 4) is 5.75 Å². The van der Waals surface area contributed by atoms with Gasteiger partial charge in [-0.05, 0) is 49.2 Å². The fourth-order valence-electron chi connectivity index (χ4n) is 2.49. The van der Waals surface area contributed by atoms with E-state index in [-0.39, 0.29) is 28.2 Å². The van der Waals surface area contributed by atoms with Gasteiger partial charge in [-0.2, -0.15) is 8.42 Å². The Bertz CT molecular complexity index is 1010. The van der Waals surface area contributed by atoms with E-state index in [0.717, 1.165) is 18.4 Å². The quantitative estimate of drug-likeness (QED) is 0.361. The molecule has 2 aromatic rings. The molecule has 0 aliphatic rings. The molecular formula is C22H26N2O5S. The molecule has 0 spiro atoms. The molecule has 0 aliphatic carbocycles. The van der Waals surface area contributed by atoms with Crippen molar-refractivity contribution < 1.29 is 22.2 Å². The summed E-state index contributed by atoms with van der Waals surface area (Å²) in [4.78, 5) is 23.8. The number of hydrogen-bond donors (Lipinski definition) is 2. The SMILES string of the molecule is CCCCNC(=O)/C(=C\c1ccc(OS(=O)(=O)c2ccc(C)cc2)cc1)NC(C)=O. The van der Waals surface area contributed by atoms with Crippen molar-refractivity contribution in [2.24, 2.45) is 0 Å². The number of amides is 2. The lowest BCUT2D eigenvalue weighted by molar-refractivity contribution is -0.122. The van der Waals surface area contributed by atoms with Gasteiger partial charge in [0, 0.05) is 13.5 Å². The van der Waals surface area contributed by atoms with Gasteiger partial charge in [-0.25, -0.2) is 0 Å². The summed E-state index contributed by atoms with van der Waals surface area (Å²) in [5.74, 6) is -0.613. The monoisotopic (exact) mass is 430 g/mol. The lowest BCUT2D eigenvalue weighted by atomic mass is 10.1. The molecule has 8 heteroatoms. The lowest BCUT2D eigenvalue weighted by Crippen LogP contribution is -2.34. The van der Waals surface area contributed by atoms with E-state index in [2.05, 4.69) is 10.6 Å². The van der Waals surface area contributed by atoms with Crippen LogP contribution in [0.1, 0.15) is 37.8 Å². The molecule has 30 heavy (non-hydrogen) atoms. The van der Waals surface area contributed by atoms with Crippen LogP contribution in [-0.4, -0.2) is 26.8 Å². The fraction of sp³-hybridized carbons (Fsp3) is 0.273. The highest BCUT2D eigenvalue weighted by molar-refractivity contribution is 7.87. The van der Waals surface area contributed by atoms with Crippen LogP contribution < -0.4 is 14.8 Å². The van der Waals surface area contributed by atoms with Gasteiger partial charge in [0.1, 0.15) is 16.3 Å². The summed E-state index contributed by atoms with van der Waals surface area (Å²) >= 11 is 0. The number of benzene rings is 2. The second-order valence-corrected chi connectivity index (χ2v) is 8.31. The molecule has 0 heterocycles. The Balaban J connectivity index is 2.16. The van der Waals surface area contributed by atoms with Crippen molar-refractivity contribution in [3.63, 3.8) is 0 Å². The van der Waals surface area contributed by atoms with Gasteiger partial charge in [-0.3, -0.25) is 9.59 Å². The molecule has 0 saturated carbocycles. The maximum absolute atomic E-state index is 12.4. The first-order valence-corrected chi connectivity index (χ1v) is 11.0. The summed E-state index contributed by atoms with van der Waals surface area (Å²) in [5.41, 5.74) is 1.66. The standard InChI is InChI=1S/C22H26N2O5S/c1-4-5-14-23-22(26)21(24-17(3)25)15-18-8-10-19(11-9-18)29-30(27,28)20-12-6-16(2)7-13-20/h6-13,15H,4-5,14H2,1-3H3,(H,23,26)(H,24,25)/b21-15+. The molecule has 2 N–H and O–H groups in total. The Morgan fingerprint density at radius 2 is 1.67 bits per heavy atom. The van der Waals surface area contributed by atoms with Gasteiger partial charge in [0.15, 0.2) is 0 Å². The molecule has 0 bridgehead atoms. The van der Waals surface area contributed by atoms with E-state index >= 15 is 0 Å². The predicted octanol–water partition coefficient (Wildman–Crippen LogP) is 3.16. The van der Waals surface area contributed by atoms with Crippen molar-refractivity contribution in [1.82, 2.24) is 10.6 Å². The van der Waals surface area contributed by atoms with Crippen molar-refractivity contribution >= 4 is 28.0 Å². The normalized spacial score (nSPS) is 11.6. The maximum Gasteiger partial charge on any atom is 0.339 e. The van der Waals surface area contributed by atoms with Gasteiger partial charge in [0.05, 0.1) is 0 Å². The summed E-state index contributed by atoms with van der Waals surface area (Å²) in [5, 5.41) is 5.26. The molecule has 0 aliphatic heterocycles. The van der Waals surface area contributed by atoms with E-state index in [1.807, 2.05) is 13.8 Å². The van der Waals surface area contributed by atoms with Crippen molar-refractivity contribution in [1.29, 1.82) is 0 Å². The van der Waals surface area contributed by atoms with Gasteiger partial charge in [-0.1, -0.05) is 43.2 Å². The number of hydrogen-bond acceptors (Lipinski definition) is 5. The fourth-order valence-corrected chi connectivity index (χ4v) is 3.42. The summed E-state index contributed by atoms with van der Waals surface area (Å²) < 4.78 is 29.9. The van der Waals surface area contributed by atoms with Gasteiger partial charge in [-0.15, -0.1) is 0 Å². The first-order chi connectivity index (χ1) is 14.2. The van der Waals surface area contributed by atoms with E-state index in [9.17, 15) is 18.0 Å². The zero-order chi connectivity index (χ0) is 22.1.